The van der Waals surface area contributed by atoms with Crippen molar-refractivity contribution in [2.75, 3.05) is 25.0 Å². The van der Waals surface area contributed by atoms with E-state index in [0.717, 1.165) is 25.3 Å². The lowest BCUT2D eigenvalue weighted by molar-refractivity contribution is -0.116. The zero-order valence-corrected chi connectivity index (χ0v) is 11.4. The topological polar surface area (TPSA) is 32.3 Å². The van der Waals surface area contributed by atoms with Crippen LogP contribution in [0.15, 0.2) is 30.3 Å². The van der Waals surface area contributed by atoms with Crippen molar-refractivity contribution in [2.24, 2.45) is 0 Å². The number of anilines is 1. The summed E-state index contributed by atoms with van der Waals surface area (Å²) in [6, 6.07) is 9.64. The highest BCUT2D eigenvalue weighted by Crippen LogP contribution is 2.10. The van der Waals surface area contributed by atoms with E-state index in [2.05, 4.69) is 10.2 Å². The molecule has 0 atom stereocenters. The van der Waals surface area contributed by atoms with Crippen LogP contribution in [0.3, 0.4) is 0 Å². The number of benzene rings is 1. The van der Waals surface area contributed by atoms with E-state index in [1.165, 1.54) is 19.3 Å². The Kier molecular flexibility index (Phi) is 6.76. The van der Waals surface area contributed by atoms with Gasteiger partial charge in [-0.25, -0.2) is 0 Å². The van der Waals surface area contributed by atoms with E-state index in [-0.39, 0.29) is 18.3 Å². The predicted molar refractivity (Wildman–Crippen MR) is 77.2 cm³/mol. The van der Waals surface area contributed by atoms with Crippen molar-refractivity contribution >= 4 is 24.0 Å². The summed E-state index contributed by atoms with van der Waals surface area (Å²) in [5, 5.41) is 2.92. The summed E-state index contributed by atoms with van der Waals surface area (Å²) in [5.74, 6) is 0.113. The number of nitrogens with zero attached hydrogens (tertiary/aromatic N) is 1. The predicted octanol–water partition coefficient (Wildman–Crippen LogP) is 2.92. The van der Waals surface area contributed by atoms with Crippen LogP contribution >= 0.6 is 12.4 Å². The second-order valence-corrected chi connectivity index (χ2v) is 4.57. The molecule has 100 valence electrons. The first-order valence-electron chi connectivity index (χ1n) is 6.42. The van der Waals surface area contributed by atoms with E-state index in [1.807, 2.05) is 30.3 Å². The number of piperidine rings is 1. The van der Waals surface area contributed by atoms with Gasteiger partial charge in [0.05, 0.1) is 0 Å². The molecule has 1 aromatic carbocycles. The molecule has 3 nitrogen and oxygen atoms in total. The monoisotopic (exact) mass is 268 g/mol. The third-order valence-electron chi connectivity index (χ3n) is 3.16. The maximum absolute atomic E-state index is 11.7. The molecule has 1 N–H and O–H groups in total. The number of carbonyl (C=O) groups is 1. The Morgan fingerprint density at radius 2 is 1.78 bits per heavy atom. The molecule has 1 heterocycles. The number of amides is 1. The fourth-order valence-electron chi connectivity index (χ4n) is 2.19. The highest BCUT2D eigenvalue weighted by atomic mass is 35.5. The van der Waals surface area contributed by atoms with E-state index in [9.17, 15) is 4.79 Å². The van der Waals surface area contributed by atoms with Gasteiger partial charge in [-0.05, 0) is 38.1 Å². The zero-order chi connectivity index (χ0) is 11.9. The van der Waals surface area contributed by atoms with Crippen molar-refractivity contribution in [1.29, 1.82) is 0 Å². The van der Waals surface area contributed by atoms with Crippen LogP contribution in [0.4, 0.5) is 5.69 Å². The molecule has 0 radical (unpaired) electrons. The van der Waals surface area contributed by atoms with Gasteiger partial charge in [0.15, 0.2) is 0 Å². The lowest BCUT2D eigenvalue weighted by Crippen LogP contribution is -2.32. The Hall–Kier alpha value is -1.06. The van der Waals surface area contributed by atoms with Crippen molar-refractivity contribution in [2.45, 2.75) is 25.7 Å². The van der Waals surface area contributed by atoms with Crippen LogP contribution in [0.25, 0.3) is 0 Å². The second-order valence-electron chi connectivity index (χ2n) is 4.57. The Balaban J connectivity index is 0.00000162. The van der Waals surface area contributed by atoms with E-state index in [1.54, 1.807) is 0 Å². The van der Waals surface area contributed by atoms with Gasteiger partial charge in [0.2, 0.25) is 5.91 Å². The number of carbonyl (C=O) groups excluding carboxylic acids is 1. The number of para-hydroxylation sites is 1. The minimum Gasteiger partial charge on any atom is -0.326 e. The van der Waals surface area contributed by atoms with Crippen LogP contribution in [0.2, 0.25) is 0 Å². The van der Waals surface area contributed by atoms with Crippen molar-refractivity contribution in [3.05, 3.63) is 30.3 Å². The molecule has 0 spiro atoms. The summed E-state index contributed by atoms with van der Waals surface area (Å²) in [6.07, 6.45) is 4.49. The molecule has 1 saturated heterocycles. The Bertz CT molecular complexity index is 350. The molecular weight excluding hydrogens is 248 g/mol. The Labute approximate surface area is 115 Å². The second kappa shape index (κ2) is 8.11. The van der Waals surface area contributed by atoms with Gasteiger partial charge in [0.25, 0.3) is 0 Å². The molecule has 1 aliphatic rings. The van der Waals surface area contributed by atoms with Crippen molar-refractivity contribution < 1.29 is 4.79 Å². The molecule has 1 aliphatic heterocycles. The van der Waals surface area contributed by atoms with Gasteiger partial charge in [-0.1, -0.05) is 24.6 Å². The largest absolute Gasteiger partial charge is 0.326 e. The quantitative estimate of drug-likeness (QED) is 0.911. The molecule has 1 amide bonds. The van der Waals surface area contributed by atoms with E-state index in [0.29, 0.717) is 6.42 Å². The smallest absolute Gasteiger partial charge is 0.225 e. The van der Waals surface area contributed by atoms with Gasteiger partial charge in [-0.3, -0.25) is 4.79 Å². The number of rotatable bonds is 4. The third kappa shape index (κ3) is 5.07. The van der Waals surface area contributed by atoms with Crippen molar-refractivity contribution in [3.8, 4) is 0 Å². The maximum Gasteiger partial charge on any atom is 0.225 e. The average molecular weight is 269 g/mol. The molecule has 1 aromatic rings. The fourth-order valence-corrected chi connectivity index (χ4v) is 2.19. The van der Waals surface area contributed by atoms with Gasteiger partial charge in [0, 0.05) is 18.7 Å². The molecule has 0 saturated carbocycles. The first-order chi connectivity index (χ1) is 8.34. The van der Waals surface area contributed by atoms with Crippen LogP contribution in [0, 0.1) is 0 Å². The summed E-state index contributed by atoms with van der Waals surface area (Å²) in [4.78, 5) is 14.1. The molecule has 1 fully saturated rings. The maximum atomic E-state index is 11.7. The Morgan fingerprint density at radius 3 is 2.44 bits per heavy atom. The van der Waals surface area contributed by atoms with Crippen LogP contribution in [0.5, 0.6) is 0 Å². The number of hydrogen-bond donors (Lipinski definition) is 1. The summed E-state index contributed by atoms with van der Waals surface area (Å²) >= 11 is 0. The lowest BCUT2D eigenvalue weighted by Gasteiger charge is -2.25. The minimum atomic E-state index is 0. The SMILES string of the molecule is Cl.O=C(CCN1CCCCC1)Nc1ccccc1. The standard InChI is InChI=1S/C14H20N2O.ClH/c17-14(15-13-7-3-1-4-8-13)9-12-16-10-5-2-6-11-16;/h1,3-4,7-8H,2,5-6,9-12H2,(H,15,17);1H. The highest BCUT2D eigenvalue weighted by molar-refractivity contribution is 5.90. The van der Waals surface area contributed by atoms with Gasteiger partial charge < -0.3 is 10.2 Å². The molecule has 0 aromatic heterocycles. The molecule has 4 heteroatoms. The summed E-state index contributed by atoms with van der Waals surface area (Å²) in [6.45, 7) is 3.19. The molecular formula is C14H21ClN2O. The summed E-state index contributed by atoms with van der Waals surface area (Å²) in [5.41, 5.74) is 0.885. The number of halogens is 1. The molecule has 0 aliphatic carbocycles. The normalized spacial score (nSPS) is 15.8. The van der Waals surface area contributed by atoms with Crippen molar-refractivity contribution in [1.82, 2.24) is 4.90 Å². The van der Waals surface area contributed by atoms with Crippen LogP contribution < -0.4 is 5.32 Å². The fraction of sp³-hybridized carbons (Fsp3) is 0.500. The first kappa shape index (κ1) is 15.0. The molecule has 0 unspecified atom stereocenters. The van der Waals surface area contributed by atoms with Crippen LogP contribution in [0.1, 0.15) is 25.7 Å². The third-order valence-corrected chi connectivity index (χ3v) is 3.16. The Morgan fingerprint density at radius 1 is 1.11 bits per heavy atom. The average Bonchev–Trinajstić information content (AvgIpc) is 2.39. The van der Waals surface area contributed by atoms with Crippen LogP contribution in [-0.2, 0) is 4.79 Å². The van der Waals surface area contributed by atoms with Gasteiger partial charge in [-0.2, -0.15) is 0 Å². The van der Waals surface area contributed by atoms with Gasteiger partial charge in [0.1, 0.15) is 0 Å². The van der Waals surface area contributed by atoms with Gasteiger partial charge >= 0.3 is 0 Å². The van der Waals surface area contributed by atoms with E-state index in [4.69, 9.17) is 0 Å². The minimum absolute atomic E-state index is 0. The number of likely N-dealkylation sites (tertiary alicyclic amines) is 1. The summed E-state index contributed by atoms with van der Waals surface area (Å²) < 4.78 is 0. The molecule has 2 rings (SSSR count). The van der Waals surface area contributed by atoms with E-state index >= 15 is 0 Å². The molecule has 0 bridgehead atoms. The zero-order valence-electron chi connectivity index (χ0n) is 10.6. The molecule has 18 heavy (non-hydrogen) atoms. The first-order valence-corrected chi connectivity index (χ1v) is 6.42. The summed E-state index contributed by atoms with van der Waals surface area (Å²) in [7, 11) is 0. The number of hydrogen-bond acceptors (Lipinski definition) is 2. The van der Waals surface area contributed by atoms with Gasteiger partial charge in [-0.15, -0.1) is 12.4 Å². The van der Waals surface area contributed by atoms with E-state index < -0.39 is 0 Å². The van der Waals surface area contributed by atoms with Crippen LogP contribution in [-0.4, -0.2) is 30.4 Å². The lowest BCUT2D eigenvalue weighted by atomic mass is 10.1. The number of nitrogens with one attached hydrogen (secondary N) is 1. The van der Waals surface area contributed by atoms with Crippen molar-refractivity contribution in [3.63, 3.8) is 0 Å². The highest BCUT2D eigenvalue weighted by Gasteiger charge is 2.11.